The van der Waals surface area contributed by atoms with E-state index in [0.29, 0.717) is 16.0 Å². The van der Waals surface area contributed by atoms with Crippen LogP contribution in [-0.2, 0) is 22.9 Å². The predicted octanol–water partition coefficient (Wildman–Crippen LogP) is 4.72. The molecule has 4 rings (SSSR count). The second-order valence-electron chi connectivity index (χ2n) is 8.59. The summed E-state index contributed by atoms with van der Waals surface area (Å²) in [5.41, 5.74) is 10.1. The average Bonchev–Trinajstić information content (AvgIpc) is 3.53. The minimum atomic E-state index is -3.21. The van der Waals surface area contributed by atoms with Crippen LogP contribution in [0.15, 0.2) is 36.4 Å². The number of rotatable bonds is 9. The molecular formula is C23H29Cl3N2O3S. The van der Waals surface area contributed by atoms with Gasteiger partial charge in [0.25, 0.3) is 0 Å². The molecule has 0 amide bonds. The van der Waals surface area contributed by atoms with Crippen LogP contribution in [-0.4, -0.2) is 33.4 Å². The molecule has 32 heavy (non-hydrogen) atoms. The molecule has 1 saturated carbocycles. The molecule has 2 unspecified atom stereocenters. The van der Waals surface area contributed by atoms with E-state index in [2.05, 4.69) is 16.9 Å². The van der Waals surface area contributed by atoms with Crippen LogP contribution < -0.4 is 15.2 Å². The molecule has 0 saturated heterocycles. The van der Waals surface area contributed by atoms with Crippen LogP contribution >= 0.6 is 35.6 Å². The van der Waals surface area contributed by atoms with Crippen LogP contribution in [0.1, 0.15) is 41.9 Å². The molecule has 0 radical (unpaired) electrons. The minimum Gasteiger partial charge on any atom is -0.492 e. The predicted molar refractivity (Wildman–Crippen MR) is 133 cm³/mol. The normalized spacial score (nSPS) is 20.3. The van der Waals surface area contributed by atoms with Crippen LogP contribution in [0.4, 0.5) is 0 Å². The van der Waals surface area contributed by atoms with E-state index in [4.69, 9.17) is 33.7 Å². The van der Waals surface area contributed by atoms with Crippen molar-refractivity contribution in [3.05, 3.63) is 63.1 Å². The Morgan fingerprint density at radius 1 is 1.06 bits per heavy atom. The summed E-state index contributed by atoms with van der Waals surface area (Å²) < 4.78 is 32.4. The van der Waals surface area contributed by atoms with Gasteiger partial charge in [-0.05, 0) is 79.0 Å². The van der Waals surface area contributed by atoms with Crippen molar-refractivity contribution in [2.45, 2.75) is 44.1 Å². The quantitative estimate of drug-likeness (QED) is 0.470. The lowest BCUT2D eigenvalue weighted by Gasteiger charge is -2.32. The standard InChI is InChI=1S/C23H28Cl2N2O3S.ClH/c24-21-7-3-16(12-22(21)25)11-20-19-13-18(6-4-17(19)5-8-23(20)26)30-10-9-27-31(28,29)14-15-1-2-15;/h3-4,6-7,12-13,15,20,23,27H,1-2,5,8-11,14,26H2;1H. The second-order valence-corrected chi connectivity index (χ2v) is 11.3. The lowest BCUT2D eigenvalue weighted by atomic mass is 9.76. The van der Waals surface area contributed by atoms with Gasteiger partial charge in [0, 0.05) is 18.5 Å². The monoisotopic (exact) mass is 518 g/mol. The maximum absolute atomic E-state index is 12.0. The van der Waals surface area contributed by atoms with Crippen molar-refractivity contribution in [2.24, 2.45) is 11.7 Å². The van der Waals surface area contributed by atoms with E-state index >= 15 is 0 Å². The fraction of sp³-hybridized carbons (Fsp3) is 0.478. The van der Waals surface area contributed by atoms with Gasteiger partial charge in [-0.2, -0.15) is 0 Å². The first-order valence-corrected chi connectivity index (χ1v) is 13.1. The van der Waals surface area contributed by atoms with Crippen molar-refractivity contribution in [1.82, 2.24) is 4.72 Å². The lowest BCUT2D eigenvalue weighted by Crippen LogP contribution is -2.34. The summed E-state index contributed by atoms with van der Waals surface area (Å²) >= 11 is 12.2. The number of halogens is 3. The highest BCUT2D eigenvalue weighted by Gasteiger charge is 2.29. The summed E-state index contributed by atoms with van der Waals surface area (Å²) in [6.45, 7) is 0.546. The van der Waals surface area contributed by atoms with E-state index in [1.807, 2.05) is 24.3 Å². The van der Waals surface area contributed by atoms with Gasteiger partial charge < -0.3 is 10.5 Å². The zero-order valence-corrected chi connectivity index (χ0v) is 20.9. The van der Waals surface area contributed by atoms with Gasteiger partial charge in [-0.15, -0.1) is 12.4 Å². The number of nitrogens with two attached hydrogens (primary N) is 1. The van der Waals surface area contributed by atoms with Gasteiger partial charge in [-0.1, -0.05) is 35.3 Å². The van der Waals surface area contributed by atoms with E-state index in [0.717, 1.165) is 43.4 Å². The van der Waals surface area contributed by atoms with Gasteiger partial charge in [-0.3, -0.25) is 0 Å². The summed E-state index contributed by atoms with van der Waals surface area (Å²) in [6.07, 6.45) is 4.67. The molecule has 176 valence electrons. The number of sulfonamides is 1. The number of ether oxygens (including phenoxy) is 1. The lowest BCUT2D eigenvalue weighted by molar-refractivity contribution is 0.321. The van der Waals surface area contributed by atoms with Gasteiger partial charge >= 0.3 is 0 Å². The summed E-state index contributed by atoms with van der Waals surface area (Å²) in [7, 11) is -3.21. The third kappa shape index (κ3) is 6.75. The number of nitrogens with one attached hydrogen (secondary N) is 1. The number of fused-ring (bicyclic) bond motifs is 1. The highest BCUT2D eigenvalue weighted by Crippen LogP contribution is 2.36. The van der Waals surface area contributed by atoms with Crippen LogP contribution in [0.25, 0.3) is 0 Å². The van der Waals surface area contributed by atoms with Crippen molar-refractivity contribution in [1.29, 1.82) is 0 Å². The highest BCUT2D eigenvalue weighted by atomic mass is 35.5. The Labute approximate surface area is 206 Å². The summed E-state index contributed by atoms with van der Waals surface area (Å²) in [4.78, 5) is 0. The topological polar surface area (TPSA) is 81.4 Å². The molecule has 1 fully saturated rings. The van der Waals surface area contributed by atoms with E-state index in [1.165, 1.54) is 11.1 Å². The molecule has 3 N–H and O–H groups in total. The largest absolute Gasteiger partial charge is 0.492 e. The zero-order chi connectivity index (χ0) is 22.0. The zero-order valence-electron chi connectivity index (χ0n) is 17.7. The van der Waals surface area contributed by atoms with Crippen molar-refractivity contribution < 1.29 is 13.2 Å². The minimum absolute atomic E-state index is 0. The Bertz CT molecular complexity index is 1040. The molecular weight excluding hydrogens is 491 g/mol. The molecule has 9 heteroatoms. The molecule has 2 atom stereocenters. The molecule has 0 aliphatic heterocycles. The van der Waals surface area contributed by atoms with Crippen LogP contribution in [0.2, 0.25) is 10.0 Å². The molecule has 2 aliphatic carbocycles. The molecule has 0 bridgehead atoms. The average molecular weight is 520 g/mol. The molecule has 0 spiro atoms. The number of hydrogen-bond acceptors (Lipinski definition) is 4. The molecule has 0 heterocycles. The second kappa shape index (κ2) is 10.9. The molecule has 2 aromatic rings. The Hall–Kier alpha value is -1.02. The van der Waals surface area contributed by atoms with Crippen molar-refractivity contribution in [3.63, 3.8) is 0 Å². The molecule has 2 aromatic carbocycles. The van der Waals surface area contributed by atoms with E-state index < -0.39 is 10.0 Å². The number of hydrogen-bond donors (Lipinski definition) is 2. The van der Waals surface area contributed by atoms with Gasteiger partial charge in [0.1, 0.15) is 12.4 Å². The van der Waals surface area contributed by atoms with E-state index in [9.17, 15) is 8.42 Å². The van der Waals surface area contributed by atoms with Gasteiger partial charge in [0.05, 0.1) is 15.8 Å². The first kappa shape index (κ1) is 25.6. The maximum Gasteiger partial charge on any atom is 0.211 e. The summed E-state index contributed by atoms with van der Waals surface area (Å²) in [5, 5.41) is 1.09. The Kier molecular flexibility index (Phi) is 8.75. The van der Waals surface area contributed by atoms with Crippen LogP contribution in [0.3, 0.4) is 0 Å². The first-order valence-electron chi connectivity index (χ1n) is 10.7. The maximum atomic E-state index is 12.0. The smallest absolute Gasteiger partial charge is 0.211 e. The number of benzene rings is 2. The fourth-order valence-corrected chi connectivity index (χ4v) is 5.98. The highest BCUT2D eigenvalue weighted by molar-refractivity contribution is 7.89. The van der Waals surface area contributed by atoms with Crippen molar-refractivity contribution in [2.75, 3.05) is 18.9 Å². The first-order chi connectivity index (χ1) is 14.8. The molecule has 5 nitrogen and oxygen atoms in total. The van der Waals surface area contributed by atoms with Crippen LogP contribution in [0, 0.1) is 5.92 Å². The van der Waals surface area contributed by atoms with Gasteiger partial charge in [0.15, 0.2) is 0 Å². The van der Waals surface area contributed by atoms with Gasteiger partial charge in [-0.25, -0.2) is 13.1 Å². The third-order valence-electron chi connectivity index (χ3n) is 6.07. The Morgan fingerprint density at radius 2 is 1.84 bits per heavy atom. The van der Waals surface area contributed by atoms with Crippen molar-refractivity contribution >= 4 is 45.6 Å². The third-order valence-corrected chi connectivity index (χ3v) is 8.36. The fourth-order valence-electron chi connectivity index (χ4n) is 4.19. The summed E-state index contributed by atoms with van der Waals surface area (Å²) in [6, 6.07) is 11.8. The Balaban J connectivity index is 0.00000289. The van der Waals surface area contributed by atoms with E-state index in [-0.39, 0.29) is 43.3 Å². The number of aryl methyl sites for hydroxylation is 1. The molecule has 0 aromatic heterocycles. The Morgan fingerprint density at radius 3 is 2.56 bits per heavy atom. The van der Waals surface area contributed by atoms with Crippen molar-refractivity contribution in [3.8, 4) is 5.75 Å². The summed E-state index contributed by atoms with van der Waals surface area (Å²) in [5.74, 6) is 1.44. The SMILES string of the molecule is Cl.NC1CCc2ccc(OCCNS(=O)(=O)CC3CC3)cc2C1Cc1ccc(Cl)c(Cl)c1. The van der Waals surface area contributed by atoms with E-state index in [1.54, 1.807) is 0 Å². The van der Waals surface area contributed by atoms with Gasteiger partial charge in [0.2, 0.25) is 10.0 Å². The van der Waals surface area contributed by atoms with Crippen LogP contribution in [0.5, 0.6) is 5.75 Å². The molecule has 2 aliphatic rings.